The van der Waals surface area contributed by atoms with Gasteiger partial charge in [-0.2, -0.15) is 30.3 Å². The second kappa shape index (κ2) is 26.7. The van der Waals surface area contributed by atoms with Crippen LogP contribution in [0.1, 0.15) is 92.4 Å². The summed E-state index contributed by atoms with van der Waals surface area (Å²) < 4.78 is 15.6. The van der Waals surface area contributed by atoms with Gasteiger partial charge >= 0.3 is 35.2 Å². The predicted molar refractivity (Wildman–Crippen MR) is 215 cm³/mol. The van der Waals surface area contributed by atoms with Crippen LogP contribution in [0.15, 0.2) is 48.5 Å². The van der Waals surface area contributed by atoms with E-state index in [-0.39, 0.29) is 63.6 Å². The molecule has 2 heterocycles. The average Bonchev–Trinajstić information content (AvgIpc) is 3.67. The molecular weight excluding hydrogens is 826 g/mol. The van der Waals surface area contributed by atoms with Crippen LogP contribution in [0.25, 0.3) is 0 Å². The fraction of sp³-hybridized carbons (Fsp3) is 0.600. The molecule has 0 unspecified atom stereocenters. The number of ether oxygens (including phenoxy) is 3. The maximum atomic E-state index is 12.7. The van der Waals surface area contributed by atoms with Gasteiger partial charge in [0, 0.05) is 43.9 Å². The molecule has 306 valence electrons. The molecule has 2 saturated heterocycles. The molecule has 2 aromatic carbocycles. The third-order valence-electron chi connectivity index (χ3n) is 7.66. The molecule has 0 aliphatic carbocycles. The number of likely N-dealkylation sites (N-methyl/N-ethyl adjacent to an activating group) is 1. The number of benzene rings is 2. The van der Waals surface area contributed by atoms with Crippen LogP contribution in [0.5, 0.6) is 0 Å². The Kier molecular flexibility index (Phi) is 26.7. The number of amides is 3. The Bertz CT molecular complexity index is 1430. The number of rotatable bonds is 6. The molecule has 2 aliphatic rings. The number of hydrogen-bond acceptors (Lipinski definition) is 8. The molecule has 2 aromatic rings. The first-order valence-electron chi connectivity index (χ1n) is 17.9. The third-order valence-corrected chi connectivity index (χ3v) is 8.17. The number of carbonyl (C=O) groups is 4. The van der Waals surface area contributed by atoms with Crippen molar-refractivity contribution in [1.82, 2.24) is 14.9 Å². The Morgan fingerprint density at radius 3 is 1.51 bits per heavy atom. The Hall–Kier alpha value is -2.13. The predicted octanol–water partition coefficient (Wildman–Crippen LogP) is 5.63. The standard InChI is InChI=1S/C17H22ClNO3.C13H24N2O4.C6H4Cl.C4H10O.BrH.Mg/c1-11-9-14(15(20)12-5-7-13(18)8-6-12)19(10-11)16(21)22-17(2,3)4;1-9-7-10(11(16)14(5)18-6)15(8-9)12(17)19-13(2,3)4;7-6-4-2-1-3-5-6;1-3-5-4-2;;/h5-8,11,14H,9-10H2,1-4H3;9-10H,7-8H2,1-6H3;2-5H;3-4H2,1-2H3;1H;/q;;-1;;;+2/p-1/t11-,14-;9-,10-;;;;/m11..../s1. The molecule has 0 spiro atoms. The van der Waals surface area contributed by atoms with Crippen LogP contribution < -0.4 is 17.0 Å². The normalized spacial score (nSPS) is 18.7. The smallest absolute Gasteiger partial charge is 1.00 e. The molecule has 15 heteroatoms. The zero-order chi connectivity index (χ0) is 40.5. The van der Waals surface area contributed by atoms with Crippen LogP contribution in [-0.2, 0) is 23.8 Å². The Balaban J connectivity index is 0. The second-order valence-electron chi connectivity index (χ2n) is 14.9. The van der Waals surface area contributed by atoms with Crippen LogP contribution in [0, 0.1) is 17.9 Å². The van der Waals surface area contributed by atoms with E-state index in [9.17, 15) is 19.2 Å². The van der Waals surface area contributed by atoms with Crippen LogP contribution in [0.4, 0.5) is 9.59 Å². The van der Waals surface area contributed by atoms with Gasteiger partial charge in [-0.1, -0.05) is 30.5 Å². The molecule has 2 aliphatic heterocycles. The first-order valence-corrected chi connectivity index (χ1v) is 18.7. The summed E-state index contributed by atoms with van der Waals surface area (Å²) in [5, 5.41) is 2.50. The number of Topliss-reactive ketones (excluding diaryl/α,β-unsaturated/α-hetero) is 1. The van der Waals surface area contributed by atoms with E-state index in [0.717, 1.165) is 23.3 Å². The maximum Gasteiger partial charge on any atom is 2.00 e. The van der Waals surface area contributed by atoms with Gasteiger partial charge in [0.15, 0.2) is 5.78 Å². The monoisotopic (exact) mass is 883 g/mol. The number of nitrogens with zero attached hydrogens (tertiary/aromatic N) is 3. The minimum Gasteiger partial charge on any atom is -1.00 e. The summed E-state index contributed by atoms with van der Waals surface area (Å²) in [4.78, 5) is 57.2. The number of likely N-dealkylation sites (tertiary alicyclic amines) is 2. The summed E-state index contributed by atoms with van der Waals surface area (Å²) in [6, 6.07) is 15.8. The van der Waals surface area contributed by atoms with Gasteiger partial charge < -0.3 is 31.2 Å². The molecule has 3 amide bonds. The van der Waals surface area contributed by atoms with Gasteiger partial charge in [-0.15, -0.1) is 11.6 Å². The van der Waals surface area contributed by atoms with Crippen LogP contribution in [-0.4, -0.2) is 126 Å². The molecule has 0 aromatic heterocycles. The molecule has 0 saturated carbocycles. The van der Waals surface area contributed by atoms with E-state index in [0.29, 0.717) is 36.5 Å². The fourth-order valence-corrected chi connectivity index (χ4v) is 5.55. The summed E-state index contributed by atoms with van der Waals surface area (Å²) >= 11 is 11.4. The topological polar surface area (TPSA) is 115 Å². The van der Waals surface area contributed by atoms with Gasteiger partial charge in [-0.05, 0) is 104 Å². The minimum absolute atomic E-state index is 0. The van der Waals surface area contributed by atoms with Crippen molar-refractivity contribution in [3.05, 3.63) is 70.2 Å². The first kappa shape index (κ1) is 55.0. The summed E-state index contributed by atoms with van der Waals surface area (Å²) in [5.74, 6) is 0.255. The molecule has 0 bridgehead atoms. The van der Waals surface area contributed by atoms with E-state index in [1.54, 1.807) is 60.5 Å². The van der Waals surface area contributed by atoms with Crippen molar-refractivity contribution in [2.45, 2.75) is 105 Å². The Labute approximate surface area is 365 Å². The third kappa shape index (κ3) is 21.3. The van der Waals surface area contributed by atoms with Crippen LogP contribution in [0.3, 0.4) is 0 Å². The molecule has 4 rings (SSSR count). The second-order valence-corrected chi connectivity index (χ2v) is 15.7. The van der Waals surface area contributed by atoms with E-state index in [1.165, 1.54) is 12.0 Å². The summed E-state index contributed by atoms with van der Waals surface area (Å²) in [5.41, 5.74) is -0.572. The Morgan fingerprint density at radius 2 is 1.16 bits per heavy atom. The largest absolute Gasteiger partial charge is 2.00 e. The van der Waals surface area contributed by atoms with Crippen molar-refractivity contribution in [2.75, 3.05) is 40.5 Å². The SMILES string of the molecule is CCOCC.CON(C)C(=O)[C@H]1C[C@@H](C)CN1C(=O)OC(C)(C)C.C[C@@H]1C[C@H](C(=O)c2ccc(Cl)cc2)N(C(=O)OC(C)(C)C)C1.Clc1cc[c-]cc1.[Br-].[Mg+2]. The molecule has 4 atom stereocenters. The number of carbonyl (C=O) groups excluding carboxylic acids is 4. The summed E-state index contributed by atoms with van der Waals surface area (Å²) in [7, 11) is 2.96. The number of hydroxylamine groups is 2. The van der Waals surface area contributed by atoms with Gasteiger partial charge in [-0.3, -0.25) is 24.2 Å². The van der Waals surface area contributed by atoms with Crippen molar-refractivity contribution in [3.63, 3.8) is 0 Å². The van der Waals surface area contributed by atoms with E-state index >= 15 is 0 Å². The maximum absolute atomic E-state index is 12.7. The van der Waals surface area contributed by atoms with Crippen LogP contribution in [0.2, 0.25) is 10.0 Å². The Morgan fingerprint density at radius 1 is 0.764 bits per heavy atom. The molecular formula is C40H60BrCl2MgN3O8. The zero-order valence-electron chi connectivity index (χ0n) is 34.6. The van der Waals surface area contributed by atoms with E-state index in [2.05, 4.69) is 6.07 Å². The van der Waals surface area contributed by atoms with Crippen molar-refractivity contribution in [2.24, 2.45) is 11.8 Å². The molecule has 0 N–H and O–H groups in total. The van der Waals surface area contributed by atoms with Crippen molar-refractivity contribution >= 4 is 70.1 Å². The quantitative estimate of drug-likeness (QED) is 0.159. The summed E-state index contributed by atoms with van der Waals surface area (Å²) in [6.45, 7) is 21.7. The van der Waals surface area contributed by atoms with Gasteiger partial charge in [0.1, 0.15) is 17.2 Å². The molecule has 0 radical (unpaired) electrons. The zero-order valence-corrected chi connectivity index (χ0v) is 39.1. The average molecular weight is 886 g/mol. The van der Waals surface area contributed by atoms with Crippen molar-refractivity contribution in [3.8, 4) is 0 Å². The molecule has 2 fully saturated rings. The molecule has 55 heavy (non-hydrogen) atoms. The summed E-state index contributed by atoms with van der Waals surface area (Å²) in [6.07, 6.45) is 0.413. The van der Waals surface area contributed by atoms with Gasteiger partial charge in [0.05, 0.1) is 13.2 Å². The van der Waals surface area contributed by atoms with Gasteiger partial charge in [0.2, 0.25) is 0 Å². The fourth-order valence-electron chi connectivity index (χ4n) is 5.30. The van der Waals surface area contributed by atoms with E-state index in [4.69, 9.17) is 42.3 Å². The minimum atomic E-state index is -0.573. The number of hydrogen-bond donors (Lipinski definition) is 0. The van der Waals surface area contributed by atoms with Crippen molar-refractivity contribution in [1.29, 1.82) is 0 Å². The van der Waals surface area contributed by atoms with Gasteiger partial charge in [-0.25, -0.2) is 14.7 Å². The number of halogens is 3. The van der Waals surface area contributed by atoms with E-state index in [1.807, 2.05) is 69.2 Å². The number of ketones is 1. The molecule has 11 nitrogen and oxygen atoms in total. The van der Waals surface area contributed by atoms with E-state index < -0.39 is 35.5 Å². The van der Waals surface area contributed by atoms with Crippen LogP contribution >= 0.6 is 23.2 Å². The first-order chi connectivity index (χ1) is 24.6. The van der Waals surface area contributed by atoms with Crippen molar-refractivity contribution < 1.29 is 55.2 Å². The van der Waals surface area contributed by atoms with Gasteiger partial charge in [0.25, 0.3) is 5.91 Å².